The van der Waals surface area contributed by atoms with E-state index in [2.05, 4.69) is 5.10 Å². The monoisotopic (exact) mass is 306 g/mol. The number of carbonyl (C=O) groups is 2. The Kier molecular flexibility index (Phi) is 3.58. The van der Waals surface area contributed by atoms with Crippen molar-refractivity contribution in [2.75, 3.05) is 26.2 Å². The third-order valence-corrected chi connectivity index (χ3v) is 4.43. The normalized spacial score (nSPS) is 21.3. The van der Waals surface area contributed by atoms with Crippen molar-refractivity contribution < 1.29 is 14.3 Å². The molecule has 1 unspecified atom stereocenters. The van der Waals surface area contributed by atoms with E-state index in [1.165, 1.54) is 0 Å². The molecule has 1 aromatic heterocycles. The molecule has 2 aliphatic rings. The zero-order valence-electron chi connectivity index (χ0n) is 13.5. The van der Waals surface area contributed by atoms with Crippen LogP contribution in [0.5, 0.6) is 0 Å². The van der Waals surface area contributed by atoms with Crippen LogP contribution in [0.2, 0.25) is 0 Å². The average molecular weight is 306 g/mol. The van der Waals surface area contributed by atoms with Gasteiger partial charge in [0.15, 0.2) is 0 Å². The number of fused-ring (bicyclic) bond motifs is 1. The summed E-state index contributed by atoms with van der Waals surface area (Å²) in [5.41, 5.74) is 2.35. The Labute approximate surface area is 129 Å². The second kappa shape index (κ2) is 5.30. The summed E-state index contributed by atoms with van der Waals surface area (Å²) in [6.07, 6.45) is -0.267. The molecule has 3 heterocycles. The fourth-order valence-corrected chi connectivity index (χ4v) is 3.31. The second-order valence-electron chi connectivity index (χ2n) is 6.26. The van der Waals surface area contributed by atoms with Gasteiger partial charge in [0, 0.05) is 31.4 Å². The fourth-order valence-electron chi connectivity index (χ4n) is 3.31. The third-order valence-electron chi connectivity index (χ3n) is 4.43. The maximum atomic E-state index is 12.9. The summed E-state index contributed by atoms with van der Waals surface area (Å²) in [5.74, 6) is 0.000832. The van der Waals surface area contributed by atoms with Crippen LogP contribution in [-0.2, 0) is 4.74 Å². The zero-order valence-corrected chi connectivity index (χ0v) is 13.5. The quantitative estimate of drug-likeness (QED) is 0.827. The van der Waals surface area contributed by atoms with Crippen LogP contribution in [0.1, 0.15) is 41.6 Å². The predicted molar refractivity (Wildman–Crippen MR) is 79.8 cm³/mol. The summed E-state index contributed by atoms with van der Waals surface area (Å²) in [7, 11) is 0. The van der Waals surface area contributed by atoms with Gasteiger partial charge in [0.05, 0.1) is 17.3 Å². The molecule has 0 spiro atoms. The van der Waals surface area contributed by atoms with Crippen LogP contribution in [-0.4, -0.2) is 63.9 Å². The SMILES string of the molecule is Cc1nn(C(C)C)c(C)c1C(=O)N1CCN2C(=O)OCC2C1. The number of rotatable bonds is 2. The average Bonchev–Trinajstić information content (AvgIpc) is 2.99. The van der Waals surface area contributed by atoms with Gasteiger partial charge in [-0.05, 0) is 27.7 Å². The van der Waals surface area contributed by atoms with Crippen LogP contribution in [0.25, 0.3) is 0 Å². The molecule has 0 radical (unpaired) electrons. The number of ether oxygens (including phenoxy) is 1. The molecule has 0 bridgehead atoms. The first-order valence-corrected chi connectivity index (χ1v) is 7.68. The molecular weight excluding hydrogens is 284 g/mol. The van der Waals surface area contributed by atoms with E-state index in [4.69, 9.17) is 4.74 Å². The minimum atomic E-state index is -0.267. The third kappa shape index (κ3) is 2.24. The van der Waals surface area contributed by atoms with E-state index in [-0.39, 0.29) is 24.1 Å². The van der Waals surface area contributed by atoms with E-state index in [0.29, 0.717) is 31.8 Å². The second-order valence-corrected chi connectivity index (χ2v) is 6.26. The first-order valence-electron chi connectivity index (χ1n) is 7.68. The summed E-state index contributed by atoms with van der Waals surface area (Å²) < 4.78 is 6.94. The van der Waals surface area contributed by atoms with Crippen molar-refractivity contribution >= 4 is 12.0 Å². The highest BCUT2D eigenvalue weighted by Gasteiger charge is 2.39. The summed E-state index contributed by atoms with van der Waals surface area (Å²) in [5, 5.41) is 4.48. The predicted octanol–water partition coefficient (Wildman–Crippen LogP) is 1.36. The number of cyclic esters (lactones) is 1. The lowest BCUT2D eigenvalue weighted by Gasteiger charge is -2.35. The molecule has 0 aliphatic carbocycles. The number of hydrogen-bond acceptors (Lipinski definition) is 4. The van der Waals surface area contributed by atoms with Gasteiger partial charge in [-0.1, -0.05) is 0 Å². The molecule has 0 N–H and O–H groups in total. The molecule has 120 valence electrons. The summed E-state index contributed by atoms with van der Waals surface area (Å²) in [4.78, 5) is 27.9. The lowest BCUT2D eigenvalue weighted by molar-refractivity contribution is 0.0615. The Morgan fingerprint density at radius 2 is 2.05 bits per heavy atom. The van der Waals surface area contributed by atoms with E-state index in [1.54, 1.807) is 4.90 Å². The van der Waals surface area contributed by atoms with Crippen molar-refractivity contribution in [1.82, 2.24) is 19.6 Å². The molecule has 1 aromatic rings. The highest BCUT2D eigenvalue weighted by atomic mass is 16.6. The van der Waals surface area contributed by atoms with Gasteiger partial charge in [-0.2, -0.15) is 5.10 Å². The van der Waals surface area contributed by atoms with E-state index < -0.39 is 0 Å². The Morgan fingerprint density at radius 3 is 2.68 bits per heavy atom. The standard InChI is InChI=1S/C15H22N4O3/c1-9(2)19-11(4)13(10(3)16-19)14(20)17-5-6-18-12(7-17)8-22-15(18)21/h9,12H,5-8H2,1-4H3. The van der Waals surface area contributed by atoms with Crippen molar-refractivity contribution in [2.45, 2.75) is 39.8 Å². The van der Waals surface area contributed by atoms with Gasteiger partial charge in [-0.3, -0.25) is 14.4 Å². The van der Waals surface area contributed by atoms with Crippen LogP contribution < -0.4 is 0 Å². The lowest BCUT2D eigenvalue weighted by Crippen LogP contribution is -2.53. The molecule has 2 fully saturated rings. The Morgan fingerprint density at radius 1 is 1.32 bits per heavy atom. The van der Waals surface area contributed by atoms with Crippen LogP contribution in [0.15, 0.2) is 0 Å². The number of amides is 2. The van der Waals surface area contributed by atoms with Crippen LogP contribution >= 0.6 is 0 Å². The lowest BCUT2D eigenvalue weighted by atomic mass is 10.1. The number of hydrogen-bond donors (Lipinski definition) is 0. The highest BCUT2D eigenvalue weighted by Crippen LogP contribution is 2.23. The number of nitrogens with zero attached hydrogens (tertiary/aromatic N) is 4. The first-order chi connectivity index (χ1) is 10.4. The largest absolute Gasteiger partial charge is 0.447 e. The van der Waals surface area contributed by atoms with Gasteiger partial charge in [0.2, 0.25) is 0 Å². The van der Waals surface area contributed by atoms with Gasteiger partial charge >= 0.3 is 6.09 Å². The van der Waals surface area contributed by atoms with Crippen LogP contribution in [0, 0.1) is 13.8 Å². The Hall–Kier alpha value is -2.05. The highest BCUT2D eigenvalue weighted by molar-refractivity contribution is 5.96. The molecule has 2 amide bonds. The van der Waals surface area contributed by atoms with Gasteiger partial charge in [-0.15, -0.1) is 0 Å². The van der Waals surface area contributed by atoms with Crippen molar-refractivity contribution in [3.05, 3.63) is 17.0 Å². The smallest absolute Gasteiger partial charge is 0.410 e. The molecule has 7 heteroatoms. The summed E-state index contributed by atoms with van der Waals surface area (Å²) in [6, 6.07) is 0.198. The van der Waals surface area contributed by atoms with Crippen LogP contribution in [0.3, 0.4) is 0 Å². The van der Waals surface area contributed by atoms with Crippen LogP contribution in [0.4, 0.5) is 4.79 Å². The van der Waals surface area contributed by atoms with Gasteiger partial charge in [0.25, 0.3) is 5.91 Å². The molecule has 2 saturated heterocycles. The van der Waals surface area contributed by atoms with Crippen molar-refractivity contribution in [2.24, 2.45) is 0 Å². The molecule has 3 rings (SSSR count). The van der Waals surface area contributed by atoms with Crippen molar-refractivity contribution in [1.29, 1.82) is 0 Å². The van der Waals surface area contributed by atoms with Gasteiger partial charge in [-0.25, -0.2) is 4.79 Å². The first kappa shape index (κ1) is 14.9. The van der Waals surface area contributed by atoms with Crippen molar-refractivity contribution in [3.8, 4) is 0 Å². The maximum Gasteiger partial charge on any atom is 0.410 e. The van der Waals surface area contributed by atoms with E-state index in [9.17, 15) is 9.59 Å². The van der Waals surface area contributed by atoms with E-state index >= 15 is 0 Å². The maximum absolute atomic E-state index is 12.9. The molecule has 1 atom stereocenters. The minimum absolute atomic E-state index is 0.000832. The topological polar surface area (TPSA) is 67.7 Å². The minimum Gasteiger partial charge on any atom is -0.447 e. The molecule has 0 saturated carbocycles. The molecular formula is C15H22N4O3. The summed E-state index contributed by atoms with van der Waals surface area (Å²) >= 11 is 0. The fraction of sp³-hybridized carbons (Fsp3) is 0.667. The Bertz CT molecular complexity index is 623. The number of piperazine rings is 1. The van der Waals surface area contributed by atoms with Gasteiger partial charge in [0.1, 0.15) is 6.61 Å². The zero-order chi connectivity index (χ0) is 16.0. The summed E-state index contributed by atoms with van der Waals surface area (Å²) in [6.45, 7) is 9.87. The molecule has 2 aliphatic heterocycles. The number of carbonyl (C=O) groups excluding carboxylic acids is 2. The Balaban J connectivity index is 1.82. The van der Waals surface area contributed by atoms with Gasteiger partial charge < -0.3 is 9.64 Å². The van der Waals surface area contributed by atoms with E-state index in [1.807, 2.05) is 37.3 Å². The molecule has 7 nitrogen and oxygen atoms in total. The molecule has 22 heavy (non-hydrogen) atoms. The van der Waals surface area contributed by atoms with E-state index in [0.717, 1.165) is 11.4 Å². The molecule has 0 aromatic carbocycles. The number of aromatic nitrogens is 2. The number of aryl methyl sites for hydroxylation is 1. The van der Waals surface area contributed by atoms with Crippen molar-refractivity contribution in [3.63, 3.8) is 0 Å².